The third-order valence-electron chi connectivity index (χ3n) is 3.46. The highest BCUT2D eigenvalue weighted by molar-refractivity contribution is 6.05. The van der Waals surface area contributed by atoms with Crippen molar-refractivity contribution >= 4 is 17.5 Å². The Morgan fingerprint density at radius 2 is 1.96 bits per heavy atom. The van der Waals surface area contributed by atoms with Crippen LogP contribution in [0.3, 0.4) is 0 Å². The van der Waals surface area contributed by atoms with Crippen LogP contribution in [0.5, 0.6) is 0 Å². The molecule has 2 aromatic rings. The molecule has 0 unspecified atom stereocenters. The Hall–Kier alpha value is -3.20. The Morgan fingerprint density at radius 1 is 1.17 bits per heavy atom. The third kappa shape index (κ3) is 3.52. The van der Waals surface area contributed by atoms with Crippen molar-refractivity contribution in [1.29, 1.82) is 5.26 Å². The molecule has 2 N–H and O–H groups in total. The van der Waals surface area contributed by atoms with Crippen molar-refractivity contribution in [3.05, 3.63) is 59.4 Å². The number of benzene rings is 1. The number of anilines is 1. The lowest BCUT2D eigenvalue weighted by molar-refractivity contribution is 0.0951. The van der Waals surface area contributed by atoms with Gasteiger partial charge in [-0.2, -0.15) is 5.26 Å². The maximum atomic E-state index is 12.3. The van der Waals surface area contributed by atoms with E-state index in [-0.39, 0.29) is 17.6 Å². The molecule has 3 rings (SSSR count). The molecule has 0 aliphatic heterocycles. The molecule has 0 spiro atoms. The molecule has 2 amide bonds. The topological polar surface area (TPSA) is 94.9 Å². The first-order valence-electron chi connectivity index (χ1n) is 7.25. The first kappa shape index (κ1) is 14.7. The van der Waals surface area contributed by atoms with E-state index in [2.05, 4.69) is 15.6 Å². The monoisotopic (exact) mass is 306 g/mol. The van der Waals surface area contributed by atoms with Gasteiger partial charge in [0.2, 0.25) is 0 Å². The van der Waals surface area contributed by atoms with Crippen LogP contribution in [0.2, 0.25) is 0 Å². The molecule has 6 heteroatoms. The summed E-state index contributed by atoms with van der Waals surface area (Å²) in [4.78, 5) is 28.3. The highest BCUT2D eigenvalue weighted by atomic mass is 16.2. The second-order valence-corrected chi connectivity index (χ2v) is 5.29. The smallest absolute Gasteiger partial charge is 0.274 e. The Kier molecular flexibility index (Phi) is 4.02. The largest absolute Gasteiger partial charge is 0.349 e. The summed E-state index contributed by atoms with van der Waals surface area (Å²) in [7, 11) is 0. The van der Waals surface area contributed by atoms with Crippen LogP contribution < -0.4 is 10.6 Å². The van der Waals surface area contributed by atoms with Gasteiger partial charge in [0.25, 0.3) is 11.8 Å². The molecule has 114 valence electrons. The van der Waals surface area contributed by atoms with Crippen molar-refractivity contribution in [2.24, 2.45) is 0 Å². The van der Waals surface area contributed by atoms with Gasteiger partial charge in [0.1, 0.15) is 11.8 Å². The van der Waals surface area contributed by atoms with Crippen LogP contribution in [0.1, 0.15) is 39.3 Å². The molecule has 0 radical (unpaired) electrons. The maximum absolute atomic E-state index is 12.3. The molecule has 1 saturated carbocycles. The average Bonchev–Trinajstić information content (AvgIpc) is 3.39. The fourth-order valence-electron chi connectivity index (χ4n) is 2.07. The van der Waals surface area contributed by atoms with Gasteiger partial charge in [-0.3, -0.25) is 14.6 Å². The van der Waals surface area contributed by atoms with E-state index in [9.17, 15) is 9.59 Å². The number of carbonyl (C=O) groups excluding carboxylic acids is 2. The second-order valence-electron chi connectivity index (χ2n) is 5.29. The number of rotatable bonds is 4. The van der Waals surface area contributed by atoms with E-state index in [0.717, 1.165) is 12.8 Å². The first-order valence-corrected chi connectivity index (χ1v) is 7.25. The van der Waals surface area contributed by atoms with Crippen molar-refractivity contribution in [2.45, 2.75) is 18.9 Å². The van der Waals surface area contributed by atoms with Crippen molar-refractivity contribution in [3.63, 3.8) is 0 Å². The zero-order valence-corrected chi connectivity index (χ0v) is 12.2. The minimum atomic E-state index is -0.464. The Morgan fingerprint density at radius 3 is 2.70 bits per heavy atom. The molecule has 1 heterocycles. The van der Waals surface area contributed by atoms with Gasteiger partial charge in [-0.25, -0.2) is 0 Å². The van der Waals surface area contributed by atoms with Gasteiger partial charge in [-0.1, -0.05) is 12.1 Å². The second kappa shape index (κ2) is 6.28. The van der Waals surface area contributed by atoms with Crippen LogP contribution in [0.15, 0.2) is 42.6 Å². The summed E-state index contributed by atoms with van der Waals surface area (Å²) in [5, 5.41) is 14.5. The molecule has 1 aliphatic carbocycles. The average molecular weight is 306 g/mol. The van der Waals surface area contributed by atoms with E-state index in [1.807, 2.05) is 6.07 Å². The number of hydrogen-bond acceptors (Lipinski definition) is 4. The molecule has 0 saturated heterocycles. The number of nitriles is 1. The summed E-state index contributed by atoms with van der Waals surface area (Å²) in [5.74, 6) is -0.671. The Bertz CT molecular complexity index is 806. The predicted octanol–water partition coefficient (Wildman–Crippen LogP) is 2.10. The quantitative estimate of drug-likeness (QED) is 0.904. The highest BCUT2D eigenvalue weighted by Gasteiger charge is 2.24. The lowest BCUT2D eigenvalue weighted by Crippen LogP contribution is -2.26. The third-order valence-corrected chi connectivity index (χ3v) is 3.46. The van der Waals surface area contributed by atoms with E-state index in [1.165, 1.54) is 12.3 Å². The van der Waals surface area contributed by atoms with E-state index in [4.69, 9.17) is 5.26 Å². The number of aromatic nitrogens is 1. The Labute approximate surface area is 133 Å². The van der Waals surface area contributed by atoms with Gasteiger partial charge < -0.3 is 10.6 Å². The fourth-order valence-corrected chi connectivity index (χ4v) is 2.07. The van der Waals surface area contributed by atoms with Crippen LogP contribution in [0.25, 0.3) is 0 Å². The number of amides is 2. The summed E-state index contributed by atoms with van der Waals surface area (Å²) >= 11 is 0. The van der Waals surface area contributed by atoms with Gasteiger partial charge in [0, 0.05) is 17.8 Å². The van der Waals surface area contributed by atoms with Crippen LogP contribution in [0.4, 0.5) is 5.69 Å². The zero-order chi connectivity index (χ0) is 16.2. The number of pyridine rings is 1. The summed E-state index contributed by atoms with van der Waals surface area (Å²) in [6.45, 7) is 0. The summed E-state index contributed by atoms with van der Waals surface area (Å²) in [5.41, 5.74) is 1.30. The zero-order valence-electron chi connectivity index (χ0n) is 12.2. The normalized spacial score (nSPS) is 13.0. The fraction of sp³-hybridized carbons (Fsp3) is 0.176. The number of nitrogens with zero attached hydrogens (tertiary/aromatic N) is 2. The molecular formula is C17H14N4O2. The molecule has 1 aliphatic rings. The van der Waals surface area contributed by atoms with Gasteiger partial charge in [-0.05, 0) is 37.1 Å². The number of nitrogens with one attached hydrogen (secondary N) is 2. The van der Waals surface area contributed by atoms with Crippen molar-refractivity contribution in [1.82, 2.24) is 10.3 Å². The SMILES string of the molecule is N#Cc1ccccc1NC(=O)c1cc(C(=O)NC2CC2)ccn1. The lowest BCUT2D eigenvalue weighted by atomic mass is 10.1. The molecule has 1 aromatic heterocycles. The minimum Gasteiger partial charge on any atom is -0.349 e. The van der Waals surface area contributed by atoms with Gasteiger partial charge in [0.15, 0.2) is 0 Å². The molecular weight excluding hydrogens is 292 g/mol. The van der Waals surface area contributed by atoms with Gasteiger partial charge in [0.05, 0.1) is 11.3 Å². The molecule has 1 fully saturated rings. The Balaban J connectivity index is 1.77. The lowest BCUT2D eigenvalue weighted by Gasteiger charge is -2.08. The number of carbonyl (C=O) groups is 2. The highest BCUT2D eigenvalue weighted by Crippen LogP contribution is 2.19. The van der Waals surface area contributed by atoms with Gasteiger partial charge in [-0.15, -0.1) is 0 Å². The van der Waals surface area contributed by atoms with Crippen LogP contribution >= 0.6 is 0 Å². The maximum Gasteiger partial charge on any atom is 0.274 e. The standard InChI is InChI=1S/C17H14N4O2/c18-10-12-3-1-2-4-14(12)21-17(23)15-9-11(7-8-19-15)16(22)20-13-5-6-13/h1-4,7-9,13H,5-6H2,(H,20,22)(H,21,23). The molecule has 0 atom stereocenters. The predicted molar refractivity (Wildman–Crippen MR) is 83.8 cm³/mol. The number of para-hydroxylation sites is 1. The van der Waals surface area contributed by atoms with Gasteiger partial charge >= 0.3 is 0 Å². The summed E-state index contributed by atoms with van der Waals surface area (Å²) < 4.78 is 0. The molecule has 1 aromatic carbocycles. The number of hydrogen-bond donors (Lipinski definition) is 2. The molecule has 23 heavy (non-hydrogen) atoms. The van der Waals surface area contributed by atoms with Crippen molar-refractivity contribution < 1.29 is 9.59 Å². The minimum absolute atomic E-state index is 0.126. The van der Waals surface area contributed by atoms with Crippen LogP contribution in [0, 0.1) is 11.3 Å². The van der Waals surface area contributed by atoms with E-state index < -0.39 is 5.91 Å². The van der Waals surface area contributed by atoms with E-state index in [1.54, 1.807) is 30.3 Å². The molecule has 6 nitrogen and oxygen atoms in total. The van der Waals surface area contributed by atoms with E-state index in [0.29, 0.717) is 16.8 Å². The van der Waals surface area contributed by atoms with Crippen LogP contribution in [-0.4, -0.2) is 22.8 Å². The van der Waals surface area contributed by atoms with Crippen molar-refractivity contribution in [2.75, 3.05) is 5.32 Å². The molecule has 0 bridgehead atoms. The van der Waals surface area contributed by atoms with E-state index >= 15 is 0 Å². The summed E-state index contributed by atoms with van der Waals surface area (Å²) in [6, 6.07) is 12.0. The first-order chi connectivity index (χ1) is 11.2. The van der Waals surface area contributed by atoms with Crippen LogP contribution in [-0.2, 0) is 0 Å². The van der Waals surface area contributed by atoms with Crippen molar-refractivity contribution in [3.8, 4) is 6.07 Å². The summed E-state index contributed by atoms with van der Waals surface area (Å²) in [6.07, 6.45) is 3.41.